The molecule has 0 spiro atoms. The molecule has 0 unspecified atom stereocenters. The van der Waals surface area contributed by atoms with Crippen LogP contribution in [-0.4, -0.2) is 93.8 Å². The van der Waals surface area contributed by atoms with Crippen LogP contribution in [0.1, 0.15) is 47.8 Å². The number of piperidine rings is 1. The summed E-state index contributed by atoms with van der Waals surface area (Å²) in [6.45, 7) is 8.27. The Kier molecular flexibility index (Phi) is 9.24. The van der Waals surface area contributed by atoms with E-state index in [-0.39, 0.29) is 35.6 Å². The van der Waals surface area contributed by atoms with Gasteiger partial charge in [0.25, 0.3) is 5.91 Å². The maximum absolute atomic E-state index is 14.1. The summed E-state index contributed by atoms with van der Waals surface area (Å²) in [5, 5.41) is 21.8. The minimum absolute atomic E-state index is 0.00202. The lowest BCUT2D eigenvalue weighted by molar-refractivity contribution is 0.0608. The van der Waals surface area contributed by atoms with Crippen LogP contribution in [0.2, 0.25) is 5.15 Å². The predicted octanol–water partition coefficient (Wildman–Crippen LogP) is 2.15. The van der Waals surface area contributed by atoms with Crippen molar-refractivity contribution in [2.45, 2.75) is 51.7 Å². The Morgan fingerprint density at radius 1 is 1.24 bits per heavy atom. The highest BCUT2D eigenvalue weighted by atomic mass is 35.5. The van der Waals surface area contributed by atoms with Crippen LogP contribution < -0.4 is 16.0 Å². The Balaban J connectivity index is 1.36. The van der Waals surface area contributed by atoms with Gasteiger partial charge >= 0.3 is 0 Å². The summed E-state index contributed by atoms with van der Waals surface area (Å²) in [6, 6.07) is 4.25. The molecule has 3 heterocycles. The van der Waals surface area contributed by atoms with Gasteiger partial charge in [0.1, 0.15) is 0 Å². The van der Waals surface area contributed by atoms with Gasteiger partial charge < -0.3 is 26.2 Å². The number of aliphatic hydroxyl groups excluding tert-OH is 1. The van der Waals surface area contributed by atoms with E-state index in [2.05, 4.69) is 36.9 Å². The number of halogens is 2. The number of aromatic hydroxyl groups is 1. The number of aliphatic hydroxyl groups is 1. The van der Waals surface area contributed by atoms with E-state index in [0.29, 0.717) is 42.1 Å². The zero-order valence-corrected chi connectivity index (χ0v) is 22.7. The summed E-state index contributed by atoms with van der Waals surface area (Å²) < 4.78 is 14.1. The van der Waals surface area contributed by atoms with Crippen LogP contribution in [0.4, 0.5) is 16.0 Å². The smallest absolute Gasteiger partial charge is 0.273 e. The van der Waals surface area contributed by atoms with Crippen LogP contribution in [0.25, 0.3) is 0 Å². The van der Waals surface area contributed by atoms with Crippen molar-refractivity contribution in [2.24, 2.45) is 0 Å². The van der Waals surface area contributed by atoms with Gasteiger partial charge in [0.05, 0.1) is 6.61 Å². The maximum Gasteiger partial charge on any atom is 0.273 e. The van der Waals surface area contributed by atoms with Crippen molar-refractivity contribution in [3.63, 3.8) is 0 Å². The normalized spacial score (nSPS) is 19.6. The molecule has 1 atom stereocenters. The summed E-state index contributed by atoms with van der Waals surface area (Å²) in [4.78, 5) is 27.8. The number of piperazine rings is 1. The Bertz CT molecular complexity index is 1150. The lowest BCUT2D eigenvalue weighted by Gasteiger charge is -2.47. The number of hydrogen-bond donors (Lipinski definition) is 4. The number of benzene rings is 1. The molecule has 2 aliphatic rings. The van der Waals surface area contributed by atoms with Crippen molar-refractivity contribution in [1.29, 1.82) is 0 Å². The first-order chi connectivity index (χ1) is 18.2. The molecule has 2 fully saturated rings. The zero-order valence-electron chi connectivity index (χ0n) is 22.0. The Morgan fingerprint density at radius 3 is 2.66 bits per heavy atom. The van der Waals surface area contributed by atoms with Gasteiger partial charge in [-0.2, -0.15) is 0 Å². The van der Waals surface area contributed by atoms with E-state index in [4.69, 9.17) is 22.4 Å². The molecule has 0 saturated carbocycles. The minimum Gasteiger partial charge on any atom is -0.505 e. The SMILES string of the molecule is CC[C@H]1CN(c2nc(N)c(C(=O)NCCO)nc2Cl)CCN1C1CCN(Cc2ccc(C)c(F)c2O)CC1. The van der Waals surface area contributed by atoms with Gasteiger partial charge in [-0.25, -0.2) is 14.4 Å². The molecule has 4 rings (SSSR count). The number of amides is 1. The number of nitrogens with one attached hydrogen (secondary N) is 1. The van der Waals surface area contributed by atoms with E-state index >= 15 is 0 Å². The fraction of sp³-hybridized carbons (Fsp3) is 0.577. The van der Waals surface area contributed by atoms with Crippen LogP contribution in [0.3, 0.4) is 0 Å². The Labute approximate surface area is 227 Å². The molecule has 2 saturated heterocycles. The third-order valence-electron chi connectivity index (χ3n) is 7.59. The second-order valence-corrected chi connectivity index (χ2v) is 10.4. The molecule has 0 radical (unpaired) electrons. The van der Waals surface area contributed by atoms with Crippen LogP contribution in [0, 0.1) is 12.7 Å². The topological polar surface area (TPSA) is 131 Å². The number of likely N-dealkylation sites (tertiary alicyclic amines) is 1. The van der Waals surface area contributed by atoms with E-state index in [1.807, 2.05) is 0 Å². The first kappa shape index (κ1) is 28.3. The standard InChI is InChI=1S/C26H37ClFN7O3/c1-3-18-15-34(25-23(27)31-21(24(29)32-25)26(38)30-8-13-36)11-12-35(18)19-6-9-33(10-7-19)14-17-5-4-16(2)20(28)22(17)37/h4-5,18-19,36-37H,3,6-15H2,1-2H3,(H2,29,32)(H,30,38)/t18-/m0/s1. The van der Waals surface area contributed by atoms with Crippen molar-refractivity contribution in [2.75, 3.05) is 56.5 Å². The maximum atomic E-state index is 14.1. The number of carbonyl (C=O) groups excluding carboxylic acids is 1. The number of hydrogen-bond acceptors (Lipinski definition) is 9. The van der Waals surface area contributed by atoms with Crippen molar-refractivity contribution in [3.8, 4) is 5.75 Å². The lowest BCUT2D eigenvalue weighted by atomic mass is 9.97. The Hall–Kier alpha value is -2.73. The molecule has 1 amide bonds. The number of nitrogens with two attached hydrogens (primary N) is 1. The van der Waals surface area contributed by atoms with Crippen LogP contribution in [-0.2, 0) is 6.54 Å². The number of aryl methyl sites for hydroxylation is 1. The number of nitrogen functional groups attached to an aromatic ring is 1. The Morgan fingerprint density at radius 2 is 1.97 bits per heavy atom. The highest BCUT2D eigenvalue weighted by Crippen LogP contribution is 2.31. The number of nitrogens with zero attached hydrogens (tertiary/aromatic N) is 5. The van der Waals surface area contributed by atoms with Gasteiger partial charge in [0.15, 0.2) is 34.0 Å². The number of rotatable bonds is 8. The number of carbonyl (C=O) groups is 1. The molecular formula is C26H37ClFN7O3. The van der Waals surface area contributed by atoms with E-state index in [1.165, 1.54) is 0 Å². The molecule has 2 aromatic rings. The number of anilines is 2. The third-order valence-corrected chi connectivity index (χ3v) is 7.84. The summed E-state index contributed by atoms with van der Waals surface area (Å²) >= 11 is 6.44. The average Bonchev–Trinajstić information content (AvgIpc) is 2.93. The average molecular weight is 550 g/mol. The summed E-state index contributed by atoms with van der Waals surface area (Å²) in [5.41, 5.74) is 7.06. The van der Waals surface area contributed by atoms with Crippen LogP contribution >= 0.6 is 11.6 Å². The molecule has 5 N–H and O–H groups in total. The molecular weight excluding hydrogens is 513 g/mol. The largest absolute Gasteiger partial charge is 0.505 e. The predicted molar refractivity (Wildman–Crippen MR) is 145 cm³/mol. The van der Waals surface area contributed by atoms with E-state index in [1.54, 1.807) is 19.1 Å². The second-order valence-electron chi connectivity index (χ2n) is 10.0. The molecule has 0 aliphatic carbocycles. The first-order valence-corrected chi connectivity index (χ1v) is 13.5. The molecule has 1 aromatic heterocycles. The molecule has 10 nitrogen and oxygen atoms in total. The quantitative estimate of drug-likeness (QED) is 0.391. The number of phenolic OH excluding ortho intramolecular Hbond substituents is 1. The van der Waals surface area contributed by atoms with Gasteiger partial charge in [-0.1, -0.05) is 30.7 Å². The van der Waals surface area contributed by atoms with Gasteiger partial charge in [-0.3, -0.25) is 14.6 Å². The number of aromatic nitrogens is 2. The minimum atomic E-state index is -0.535. The molecule has 1 aromatic carbocycles. The highest BCUT2D eigenvalue weighted by molar-refractivity contribution is 6.32. The zero-order chi connectivity index (χ0) is 27.4. The summed E-state index contributed by atoms with van der Waals surface area (Å²) in [5.74, 6) is -0.825. The first-order valence-electron chi connectivity index (χ1n) is 13.2. The van der Waals surface area contributed by atoms with E-state index in [0.717, 1.165) is 45.4 Å². The second kappa shape index (κ2) is 12.4. The number of phenols is 1. The van der Waals surface area contributed by atoms with Gasteiger partial charge in [0, 0.05) is 50.4 Å². The molecule has 38 heavy (non-hydrogen) atoms. The summed E-state index contributed by atoms with van der Waals surface area (Å²) in [7, 11) is 0. The van der Waals surface area contributed by atoms with Crippen LogP contribution in [0.15, 0.2) is 12.1 Å². The van der Waals surface area contributed by atoms with Gasteiger partial charge in [-0.05, 0) is 44.8 Å². The van der Waals surface area contributed by atoms with Gasteiger partial charge in [0.2, 0.25) is 0 Å². The molecule has 0 bridgehead atoms. The van der Waals surface area contributed by atoms with E-state index in [9.17, 15) is 14.3 Å². The van der Waals surface area contributed by atoms with E-state index < -0.39 is 11.7 Å². The molecule has 208 valence electrons. The van der Waals surface area contributed by atoms with Crippen molar-refractivity contribution >= 4 is 29.1 Å². The van der Waals surface area contributed by atoms with Crippen molar-refractivity contribution in [3.05, 3.63) is 39.9 Å². The fourth-order valence-electron chi connectivity index (χ4n) is 5.43. The third kappa shape index (κ3) is 6.12. The molecule has 12 heteroatoms. The fourth-order valence-corrected chi connectivity index (χ4v) is 5.68. The van der Waals surface area contributed by atoms with Crippen molar-refractivity contribution < 1.29 is 19.4 Å². The summed E-state index contributed by atoms with van der Waals surface area (Å²) in [6.07, 6.45) is 2.95. The lowest BCUT2D eigenvalue weighted by Crippen LogP contribution is -2.58. The van der Waals surface area contributed by atoms with Crippen molar-refractivity contribution in [1.82, 2.24) is 25.1 Å². The highest BCUT2D eigenvalue weighted by Gasteiger charge is 2.34. The monoisotopic (exact) mass is 549 g/mol. The van der Waals surface area contributed by atoms with Crippen LogP contribution in [0.5, 0.6) is 5.75 Å². The van der Waals surface area contributed by atoms with Gasteiger partial charge in [-0.15, -0.1) is 0 Å². The molecule has 2 aliphatic heterocycles.